The number of hydrogen-bond acceptors (Lipinski definition) is 4. The summed E-state index contributed by atoms with van der Waals surface area (Å²) < 4.78 is 5.78. The molecule has 0 unspecified atom stereocenters. The largest absolute Gasteiger partial charge is 0.487 e. The van der Waals surface area contributed by atoms with E-state index in [1.165, 1.54) is 6.42 Å². The minimum absolute atomic E-state index is 0.0963. The summed E-state index contributed by atoms with van der Waals surface area (Å²) in [4.78, 5) is 18.5. The fourth-order valence-electron chi connectivity index (χ4n) is 2.73. The third-order valence-corrected chi connectivity index (χ3v) is 4.82. The number of amides is 1. The number of carbonyl (C=O) groups excluding carboxylic acids is 1. The molecule has 126 valence electrons. The first kappa shape index (κ1) is 16.7. The topological polar surface area (TPSA) is 42.4 Å². The third-order valence-electron chi connectivity index (χ3n) is 4.00. The van der Waals surface area contributed by atoms with Gasteiger partial charge in [0.2, 0.25) is 5.91 Å². The zero-order valence-corrected chi connectivity index (χ0v) is 14.7. The van der Waals surface area contributed by atoms with E-state index in [-0.39, 0.29) is 5.91 Å². The van der Waals surface area contributed by atoms with Gasteiger partial charge in [0.25, 0.3) is 0 Å². The van der Waals surface area contributed by atoms with Crippen molar-refractivity contribution in [2.75, 3.05) is 13.1 Å². The molecule has 1 aliphatic rings. The Balaban J connectivity index is 1.58. The molecular formula is C19H22N2O2S. The lowest BCUT2D eigenvalue weighted by atomic mass is 10.1. The molecule has 0 saturated carbocycles. The monoisotopic (exact) mass is 342 g/mol. The van der Waals surface area contributed by atoms with Gasteiger partial charge in [-0.1, -0.05) is 12.1 Å². The van der Waals surface area contributed by atoms with Crippen LogP contribution in [0.5, 0.6) is 5.75 Å². The smallest absolute Gasteiger partial charge is 0.246 e. The Bertz CT molecular complexity index is 718. The van der Waals surface area contributed by atoms with Gasteiger partial charge in [0, 0.05) is 24.5 Å². The van der Waals surface area contributed by atoms with Crippen molar-refractivity contribution in [1.29, 1.82) is 0 Å². The van der Waals surface area contributed by atoms with Gasteiger partial charge in [-0.25, -0.2) is 4.98 Å². The van der Waals surface area contributed by atoms with Crippen LogP contribution in [0.1, 0.15) is 35.5 Å². The molecule has 0 radical (unpaired) electrons. The Morgan fingerprint density at radius 2 is 2.17 bits per heavy atom. The highest BCUT2D eigenvalue weighted by atomic mass is 32.1. The molecule has 4 nitrogen and oxygen atoms in total. The Kier molecular flexibility index (Phi) is 5.64. The Labute approximate surface area is 146 Å². The van der Waals surface area contributed by atoms with Crippen LogP contribution in [-0.4, -0.2) is 28.9 Å². The zero-order chi connectivity index (χ0) is 16.8. The summed E-state index contributed by atoms with van der Waals surface area (Å²) in [6.45, 7) is 4.20. The number of ether oxygens (including phenoxy) is 1. The number of thiazole rings is 1. The van der Waals surface area contributed by atoms with E-state index in [0.717, 1.165) is 47.9 Å². The van der Waals surface area contributed by atoms with Gasteiger partial charge in [-0.3, -0.25) is 4.79 Å². The average molecular weight is 342 g/mol. The van der Waals surface area contributed by atoms with Crippen LogP contribution in [0.3, 0.4) is 0 Å². The molecule has 1 aromatic heterocycles. The molecule has 0 bridgehead atoms. The number of nitrogens with zero attached hydrogens (tertiary/aromatic N) is 2. The molecular weight excluding hydrogens is 320 g/mol. The van der Waals surface area contributed by atoms with E-state index in [1.807, 2.05) is 47.5 Å². The predicted octanol–water partition coefficient (Wildman–Crippen LogP) is 4.06. The van der Waals surface area contributed by atoms with E-state index in [1.54, 1.807) is 17.4 Å². The van der Waals surface area contributed by atoms with Crippen molar-refractivity contribution in [2.45, 2.75) is 32.8 Å². The second-order valence-electron chi connectivity index (χ2n) is 5.94. The molecule has 0 atom stereocenters. The van der Waals surface area contributed by atoms with Crippen LogP contribution in [0.4, 0.5) is 0 Å². The number of aromatic nitrogens is 1. The summed E-state index contributed by atoms with van der Waals surface area (Å²) in [7, 11) is 0. The summed E-state index contributed by atoms with van der Waals surface area (Å²) in [5, 5.41) is 3.05. The lowest BCUT2D eigenvalue weighted by molar-refractivity contribution is -0.126. The Morgan fingerprint density at radius 3 is 2.92 bits per heavy atom. The molecule has 1 fully saturated rings. The lowest BCUT2D eigenvalue weighted by Gasteiger charge is -2.25. The molecule has 0 aliphatic carbocycles. The summed E-state index contributed by atoms with van der Waals surface area (Å²) in [6.07, 6.45) is 6.97. The van der Waals surface area contributed by atoms with Gasteiger partial charge in [-0.15, -0.1) is 11.3 Å². The fraction of sp³-hybridized carbons (Fsp3) is 0.368. The zero-order valence-electron chi connectivity index (χ0n) is 13.9. The quantitative estimate of drug-likeness (QED) is 0.770. The summed E-state index contributed by atoms with van der Waals surface area (Å²) in [5.41, 5.74) is 1.91. The minimum Gasteiger partial charge on any atom is -0.487 e. The number of benzene rings is 1. The van der Waals surface area contributed by atoms with Gasteiger partial charge in [0.15, 0.2) is 0 Å². The van der Waals surface area contributed by atoms with Crippen molar-refractivity contribution >= 4 is 23.3 Å². The molecule has 3 rings (SSSR count). The van der Waals surface area contributed by atoms with E-state index in [4.69, 9.17) is 4.74 Å². The van der Waals surface area contributed by atoms with Crippen molar-refractivity contribution in [3.05, 3.63) is 52.0 Å². The standard InChI is InChI=1S/C19H22N2O2S/c1-15-20-17(14-24-15)13-23-18-7-5-6-16(12-18)8-9-19(22)21-10-3-2-4-11-21/h5-9,12,14H,2-4,10-11,13H2,1H3. The summed E-state index contributed by atoms with van der Waals surface area (Å²) in [5.74, 6) is 0.882. The van der Waals surface area contributed by atoms with Crippen molar-refractivity contribution < 1.29 is 9.53 Å². The summed E-state index contributed by atoms with van der Waals surface area (Å²) >= 11 is 1.62. The van der Waals surface area contributed by atoms with Crippen molar-refractivity contribution in [3.8, 4) is 5.75 Å². The highest BCUT2D eigenvalue weighted by molar-refractivity contribution is 7.09. The van der Waals surface area contributed by atoms with E-state index in [9.17, 15) is 4.79 Å². The van der Waals surface area contributed by atoms with E-state index < -0.39 is 0 Å². The Morgan fingerprint density at radius 1 is 1.33 bits per heavy atom. The highest BCUT2D eigenvalue weighted by Gasteiger charge is 2.13. The van der Waals surface area contributed by atoms with Gasteiger partial charge >= 0.3 is 0 Å². The van der Waals surface area contributed by atoms with E-state index in [0.29, 0.717) is 6.61 Å². The van der Waals surface area contributed by atoms with Gasteiger partial charge in [-0.2, -0.15) is 0 Å². The number of likely N-dealkylation sites (tertiary alicyclic amines) is 1. The Hall–Kier alpha value is -2.14. The first-order valence-corrected chi connectivity index (χ1v) is 9.19. The normalized spacial score (nSPS) is 15.0. The van der Waals surface area contributed by atoms with Gasteiger partial charge in [0.1, 0.15) is 12.4 Å². The molecule has 1 aliphatic heterocycles. The van der Waals surface area contributed by atoms with Crippen molar-refractivity contribution in [2.24, 2.45) is 0 Å². The highest BCUT2D eigenvalue weighted by Crippen LogP contribution is 2.17. The maximum atomic E-state index is 12.2. The molecule has 0 spiro atoms. The number of aryl methyl sites for hydroxylation is 1. The molecule has 5 heteroatoms. The molecule has 1 saturated heterocycles. The summed E-state index contributed by atoms with van der Waals surface area (Å²) in [6, 6.07) is 7.77. The molecule has 1 amide bonds. The van der Waals surface area contributed by atoms with Crippen LogP contribution < -0.4 is 4.74 Å². The first-order valence-electron chi connectivity index (χ1n) is 8.31. The van der Waals surface area contributed by atoms with Crippen LogP contribution in [0.15, 0.2) is 35.7 Å². The van der Waals surface area contributed by atoms with Crippen molar-refractivity contribution in [1.82, 2.24) is 9.88 Å². The SMILES string of the molecule is Cc1nc(COc2cccc(C=CC(=O)N3CCCCC3)c2)cs1. The third kappa shape index (κ3) is 4.68. The number of hydrogen-bond donors (Lipinski definition) is 0. The fourth-order valence-corrected chi connectivity index (χ4v) is 3.32. The molecule has 24 heavy (non-hydrogen) atoms. The van der Waals surface area contributed by atoms with Crippen LogP contribution in [0, 0.1) is 6.92 Å². The van der Waals surface area contributed by atoms with E-state index >= 15 is 0 Å². The molecule has 2 heterocycles. The molecule has 0 N–H and O–H groups in total. The van der Waals surface area contributed by atoms with Crippen molar-refractivity contribution in [3.63, 3.8) is 0 Å². The average Bonchev–Trinajstić information content (AvgIpc) is 3.04. The maximum absolute atomic E-state index is 12.2. The van der Waals surface area contributed by atoms with Gasteiger partial charge < -0.3 is 9.64 Å². The number of carbonyl (C=O) groups is 1. The van der Waals surface area contributed by atoms with Crippen LogP contribution in [-0.2, 0) is 11.4 Å². The van der Waals surface area contributed by atoms with Crippen LogP contribution >= 0.6 is 11.3 Å². The maximum Gasteiger partial charge on any atom is 0.246 e. The van der Waals surface area contributed by atoms with Gasteiger partial charge in [0.05, 0.1) is 10.7 Å². The second-order valence-corrected chi connectivity index (χ2v) is 7.00. The predicted molar refractivity (Wildman–Crippen MR) is 97.1 cm³/mol. The lowest BCUT2D eigenvalue weighted by Crippen LogP contribution is -2.34. The molecule has 1 aromatic carbocycles. The first-order chi connectivity index (χ1) is 11.7. The minimum atomic E-state index is 0.0963. The number of piperidine rings is 1. The molecule has 2 aromatic rings. The van der Waals surface area contributed by atoms with Crippen LogP contribution in [0.2, 0.25) is 0 Å². The van der Waals surface area contributed by atoms with Gasteiger partial charge in [-0.05, 0) is 50.0 Å². The second kappa shape index (κ2) is 8.11. The van der Waals surface area contributed by atoms with E-state index in [2.05, 4.69) is 4.98 Å². The number of rotatable bonds is 5. The van der Waals surface area contributed by atoms with Crippen LogP contribution in [0.25, 0.3) is 6.08 Å².